The van der Waals surface area contributed by atoms with Gasteiger partial charge in [-0.25, -0.2) is 0 Å². The number of piperazine rings is 1. The van der Waals surface area contributed by atoms with Crippen LogP contribution >= 0.6 is 0 Å². The minimum atomic E-state index is -0.0219. The molecule has 0 aliphatic carbocycles. The molecule has 4 aliphatic rings. The number of benzene rings is 1. The first kappa shape index (κ1) is 21.2. The number of nitrogens with zero attached hydrogens (tertiary/aromatic N) is 3. The molecule has 1 spiro atoms. The Bertz CT molecular complexity index is 721. The molecule has 1 aromatic rings. The summed E-state index contributed by atoms with van der Waals surface area (Å²) in [6.07, 6.45) is 6.00. The smallest absolute Gasteiger partial charge is 0.225 e. The molecule has 6 heteroatoms. The van der Waals surface area contributed by atoms with Crippen molar-refractivity contribution in [3.05, 3.63) is 30.3 Å². The molecule has 4 aliphatic heterocycles. The maximum atomic E-state index is 12.9. The molecule has 0 unspecified atom stereocenters. The number of hydrogen-bond donors (Lipinski definition) is 0. The third kappa shape index (κ3) is 4.76. The number of hydrogen-bond acceptors (Lipinski definition) is 5. The van der Waals surface area contributed by atoms with E-state index >= 15 is 0 Å². The van der Waals surface area contributed by atoms with E-state index in [-0.39, 0.29) is 11.5 Å². The Balaban J connectivity index is 1.13. The van der Waals surface area contributed by atoms with Gasteiger partial charge in [0.15, 0.2) is 0 Å². The molecule has 4 fully saturated rings. The molecular formula is C25H37N3O3. The van der Waals surface area contributed by atoms with Gasteiger partial charge in [-0.1, -0.05) is 18.2 Å². The summed E-state index contributed by atoms with van der Waals surface area (Å²) in [4.78, 5) is 20.2. The van der Waals surface area contributed by atoms with Crippen molar-refractivity contribution in [2.45, 2.75) is 50.2 Å². The first-order chi connectivity index (χ1) is 15.2. The van der Waals surface area contributed by atoms with Crippen molar-refractivity contribution in [2.75, 3.05) is 64.0 Å². The summed E-state index contributed by atoms with van der Waals surface area (Å²) in [6, 6.07) is 11.4. The average molecular weight is 428 g/mol. The fourth-order valence-electron chi connectivity index (χ4n) is 5.98. The molecule has 0 bridgehead atoms. The highest BCUT2D eigenvalue weighted by atomic mass is 16.5. The maximum Gasteiger partial charge on any atom is 0.225 e. The van der Waals surface area contributed by atoms with Crippen LogP contribution in [0.3, 0.4) is 0 Å². The molecule has 1 amide bonds. The first-order valence-electron chi connectivity index (χ1n) is 12.3. The molecular weight excluding hydrogens is 390 g/mol. The van der Waals surface area contributed by atoms with Crippen molar-refractivity contribution in [1.82, 2.24) is 9.80 Å². The predicted molar refractivity (Wildman–Crippen MR) is 121 cm³/mol. The Hall–Kier alpha value is -1.63. The Kier molecular flexibility index (Phi) is 6.49. The van der Waals surface area contributed by atoms with Crippen molar-refractivity contribution >= 4 is 11.6 Å². The summed E-state index contributed by atoms with van der Waals surface area (Å²) < 4.78 is 11.8. The molecule has 1 atom stereocenters. The van der Waals surface area contributed by atoms with E-state index in [2.05, 4.69) is 45.0 Å². The van der Waals surface area contributed by atoms with E-state index in [0.29, 0.717) is 11.9 Å². The van der Waals surface area contributed by atoms with Gasteiger partial charge in [-0.15, -0.1) is 0 Å². The fraction of sp³-hybridized carbons (Fsp3) is 0.720. The number of ether oxygens (including phenoxy) is 2. The van der Waals surface area contributed by atoms with E-state index in [1.165, 1.54) is 5.69 Å². The van der Waals surface area contributed by atoms with Crippen LogP contribution in [0.2, 0.25) is 0 Å². The van der Waals surface area contributed by atoms with Gasteiger partial charge in [-0.2, -0.15) is 0 Å². The minimum absolute atomic E-state index is 0.0219. The monoisotopic (exact) mass is 427 g/mol. The lowest BCUT2D eigenvalue weighted by molar-refractivity contribution is -0.154. The number of carbonyl (C=O) groups is 1. The van der Waals surface area contributed by atoms with E-state index in [9.17, 15) is 4.79 Å². The van der Waals surface area contributed by atoms with Crippen LogP contribution in [0.5, 0.6) is 0 Å². The van der Waals surface area contributed by atoms with Gasteiger partial charge in [0.05, 0.1) is 5.60 Å². The maximum absolute atomic E-state index is 12.9. The van der Waals surface area contributed by atoms with Gasteiger partial charge in [0.25, 0.3) is 0 Å². The van der Waals surface area contributed by atoms with Gasteiger partial charge < -0.3 is 19.3 Å². The molecule has 1 aromatic carbocycles. The molecule has 5 rings (SSSR count). The lowest BCUT2D eigenvalue weighted by Gasteiger charge is -2.50. The van der Waals surface area contributed by atoms with Gasteiger partial charge in [0.1, 0.15) is 0 Å². The quantitative estimate of drug-likeness (QED) is 0.742. The summed E-state index contributed by atoms with van der Waals surface area (Å²) in [6.45, 7) is 8.48. The van der Waals surface area contributed by atoms with Crippen molar-refractivity contribution in [1.29, 1.82) is 0 Å². The van der Waals surface area contributed by atoms with Crippen LogP contribution in [0.15, 0.2) is 30.3 Å². The Morgan fingerprint density at radius 2 is 1.58 bits per heavy atom. The molecule has 4 saturated heterocycles. The summed E-state index contributed by atoms with van der Waals surface area (Å²) in [5, 5.41) is 0. The topological polar surface area (TPSA) is 45.2 Å². The number of likely N-dealkylation sites (tertiary alicyclic amines) is 1. The van der Waals surface area contributed by atoms with E-state index in [1.54, 1.807) is 0 Å². The van der Waals surface area contributed by atoms with E-state index in [1.807, 2.05) is 0 Å². The summed E-state index contributed by atoms with van der Waals surface area (Å²) in [5.41, 5.74) is 1.32. The largest absolute Gasteiger partial charge is 0.381 e. The van der Waals surface area contributed by atoms with Gasteiger partial charge in [0.2, 0.25) is 5.91 Å². The molecule has 170 valence electrons. The van der Waals surface area contributed by atoms with E-state index in [4.69, 9.17) is 9.47 Å². The van der Waals surface area contributed by atoms with Gasteiger partial charge in [0, 0.05) is 76.7 Å². The minimum Gasteiger partial charge on any atom is -0.381 e. The van der Waals surface area contributed by atoms with Crippen LogP contribution in [0.1, 0.15) is 38.5 Å². The summed E-state index contributed by atoms with van der Waals surface area (Å²) in [7, 11) is 0. The van der Waals surface area contributed by atoms with Gasteiger partial charge >= 0.3 is 0 Å². The van der Waals surface area contributed by atoms with Crippen LogP contribution in [-0.2, 0) is 14.3 Å². The zero-order valence-corrected chi connectivity index (χ0v) is 18.7. The highest BCUT2D eigenvalue weighted by molar-refractivity contribution is 5.79. The van der Waals surface area contributed by atoms with Crippen LogP contribution < -0.4 is 4.90 Å². The number of piperidine rings is 1. The number of rotatable bonds is 3. The van der Waals surface area contributed by atoms with Crippen molar-refractivity contribution in [3.63, 3.8) is 0 Å². The molecule has 31 heavy (non-hydrogen) atoms. The second kappa shape index (κ2) is 9.47. The third-order valence-corrected chi connectivity index (χ3v) is 7.98. The first-order valence-corrected chi connectivity index (χ1v) is 12.3. The van der Waals surface area contributed by atoms with Crippen molar-refractivity contribution < 1.29 is 14.3 Å². The van der Waals surface area contributed by atoms with E-state index in [0.717, 1.165) is 97.6 Å². The van der Waals surface area contributed by atoms with Gasteiger partial charge in [-0.05, 0) is 50.7 Å². The predicted octanol–water partition coefficient (Wildman–Crippen LogP) is 2.78. The SMILES string of the molecule is O=C(C1CCOCC1)N1CCC2(CC1)C[C@H](N1CCN(c3ccccc3)CC1)CCO2. The number of anilines is 1. The molecule has 4 heterocycles. The van der Waals surface area contributed by atoms with Crippen LogP contribution in [0, 0.1) is 5.92 Å². The Morgan fingerprint density at radius 3 is 2.29 bits per heavy atom. The number of carbonyl (C=O) groups excluding carboxylic acids is 1. The van der Waals surface area contributed by atoms with Crippen LogP contribution in [-0.4, -0.2) is 86.4 Å². The normalized spacial score (nSPS) is 28.1. The van der Waals surface area contributed by atoms with Crippen LogP contribution in [0.25, 0.3) is 0 Å². The summed E-state index contributed by atoms with van der Waals surface area (Å²) in [5.74, 6) is 0.520. The van der Waals surface area contributed by atoms with Crippen molar-refractivity contribution in [2.24, 2.45) is 5.92 Å². The molecule has 0 N–H and O–H groups in total. The van der Waals surface area contributed by atoms with E-state index < -0.39 is 0 Å². The van der Waals surface area contributed by atoms with Gasteiger partial charge in [-0.3, -0.25) is 9.69 Å². The standard InChI is InChI=1S/C25H37N3O3/c29-24(21-6-17-30-18-7-21)28-11-9-25(10-12-28)20-23(8-19-31-25)27-15-13-26(14-16-27)22-4-2-1-3-5-22/h1-5,21,23H,6-20H2/t23-/m1/s1. The highest BCUT2D eigenvalue weighted by Crippen LogP contribution is 2.37. The van der Waals surface area contributed by atoms with Crippen molar-refractivity contribution in [3.8, 4) is 0 Å². The Labute approximate surface area is 186 Å². The van der Waals surface area contributed by atoms with Crippen LogP contribution in [0.4, 0.5) is 5.69 Å². The third-order valence-electron chi connectivity index (χ3n) is 7.98. The zero-order valence-electron chi connectivity index (χ0n) is 18.7. The number of para-hydroxylation sites is 1. The fourth-order valence-corrected chi connectivity index (χ4v) is 5.98. The lowest BCUT2D eigenvalue weighted by atomic mass is 9.81. The Morgan fingerprint density at radius 1 is 0.871 bits per heavy atom. The lowest BCUT2D eigenvalue weighted by Crippen LogP contribution is -2.58. The second-order valence-electron chi connectivity index (χ2n) is 9.75. The highest BCUT2D eigenvalue weighted by Gasteiger charge is 2.43. The zero-order chi connectivity index (χ0) is 21.1. The second-order valence-corrected chi connectivity index (χ2v) is 9.75. The molecule has 6 nitrogen and oxygen atoms in total. The molecule has 0 saturated carbocycles. The summed E-state index contributed by atoms with van der Waals surface area (Å²) >= 11 is 0. The molecule has 0 aromatic heterocycles. The average Bonchev–Trinajstić information content (AvgIpc) is 2.85. The number of amides is 1. The molecule has 0 radical (unpaired) electrons.